The largest absolute Gasteiger partial charge is 0.351 e. The van der Waals surface area contributed by atoms with E-state index < -0.39 is 0 Å². The van der Waals surface area contributed by atoms with E-state index in [1.807, 2.05) is 76.7 Å². The summed E-state index contributed by atoms with van der Waals surface area (Å²) in [5, 5.41) is 8.45. The smallest absolute Gasteiger partial charge is 0.275 e. The summed E-state index contributed by atoms with van der Waals surface area (Å²) in [6, 6.07) is 19.7. The molecule has 0 saturated carbocycles. The first-order valence-corrected chi connectivity index (χ1v) is 11.9. The zero-order chi connectivity index (χ0) is 25.1. The number of likely N-dealkylation sites (N-methyl/N-ethyl adjacent to an activating group) is 1. The van der Waals surface area contributed by atoms with Gasteiger partial charge in [0.2, 0.25) is 0 Å². The van der Waals surface area contributed by atoms with Crippen LogP contribution in [0.5, 0.6) is 0 Å². The molecule has 182 valence electrons. The second-order valence-electron chi connectivity index (χ2n) is 9.22. The van der Waals surface area contributed by atoms with E-state index in [0.717, 1.165) is 22.0 Å². The minimum absolute atomic E-state index is 0.0637. The van der Waals surface area contributed by atoms with Gasteiger partial charge in [-0.3, -0.25) is 14.3 Å². The van der Waals surface area contributed by atoms with Crippen LogP contribution in [-0.4, -0.2) is 50.7 Å². The second kappa shape index (κ2) is 10.2. The standard InChI is InChI=1S/C28H33N5O2/c1-19-13-14-24-22(18-19)26(30-33(24)5)28(35)32(4)23(20(2)21-10-7-6-8-11-21)15-16-29-27(34)25-12-9-17-31(25)3/h6-14,17-18,20,23H,15-16H2,1-5H3,(H,29,34). The molecule has 0 spiro atoms. The lowest BCUT2D eigenvalue weighted by atomic mass is 9.90. The van der Waals surface area contributed by atoms with Gasteiger partial charge >= 0.3 is 0 Å². The van der Waals surface area contributed by atoms with Crippen LogP contribution in [0.4, 0.5) is 0 Å². The molecule has 0 fully saturated rings. The Hall–Kier alpha value is -3.87. The molecule has 0 bridgehead atoms. The minimum atomic E-state index is -0.138. The predicted octanol–water partition coefficient (Wildman–Crippen LogP) is 4.28. The van der Waals surface area contributed by atoms with Crippen molar-refractivity contribution < 1.29 is 9.59 Å². The predicted molar refractivity (Wildman–Crippen MR) is 139 cm³/mol. The SMILES string of the molecule is Cc1ccc2c(c1)c(C(=O)N(C)C(CCNC(=O)c1cccn1C)C(C)c1ccccc1)nn2C. The maximum absolute atomic E-state index is 13.7. The third kappa shape index (κ3) is 4.99. The lowest BCUT2D eigenvalue weighted by Crippen LogP contribution is -2.43. The van der Waals surface area contributed by atoms with Crippen LogP contribution in [0, 0.1) is 6.92 Å². The minimum Gasteiger partial charge on any atom is -0.351 e. The molecule has 7 nitrogen and oxygen atoms in total. The van der Waals surface area contributed by atoms with Gasteiger partial charge in [-0.1, -0.05) is 48.9 Å². The second-order valence-corrected chi connectivity index (χ2v) is 9.22. The van der Waals surface area contributed by atoms with Crippen molar-refractivity contribution in [1.82, 2.24) is 24.6 Å². The van der Waals surface area contributed by atoms with E-state index in [0.29, 0.717) is 24.4 Å². The average Bonchev–Trinajstić information content (AvgIpc) is 3.43. The van der Waals surface area contributed by atoms with Crippen LogP contribution in [0.3, 0.4) is 0 Å². The Kier molecular flexibility index (Phi) is 7.05. The number of nitrogens with one attached hydrogen (secondary N) is 1. The van der Waals surface area contributed by atoms with Gasteiger partial charge in [-0.25, -0.2) is 0 Å². The van der Waals surface area contributed by atoms with Crippen LogP contribution in [0.15, 0.2) is 66.9 Å². The molecule has 2 unspecified atom stereocenters. The zero-order valence-corrected chi connectivity index (χ0v) is 21.0. The van der Waals surface area contributed by atoms with E-state index in [9.17, 15) is 9.59 Å². The molecule has 0 saturated heterocycles. The molecule has 2 heterocycles. The summed E-state index contributed by atoms with van der Waals surface area (Å²) in [4.78, 5) is 28.2. The lowest BCUT2D eigenvalue weighted by molar-refractivity contribution is 0.0697. The summed E-state index contributed by atoms with van der Waals surface area (Å²) in [7, 11) is 5.54. The van der Waals surface area contributed by atoms with Gasteiger partial charge in [-0.15, -0.1) is 0 Å². The number of hydrogen-bond acceptors (Lipinski definition) is 3. The highest BCUT2D eigenvalue weighted by Crippen LogP contribution is 2.27. The maximum atomic E-state index is 13.7. The molecule has 35 heavy (non-hydrogen) atoms. The van der Waals surface area contributed by atoms with Gasteiger partial charge in [0.05, 0.1) is 5.52 Å². The van der Waals surface area contributed by atoms with Crippen LogP contribution in [0.1, 0.15) is 51.4 Å². The molecule has 2 atom stereocenters. The highest BCUT2D eigenvalue weighted by molar-refractivity contribution is 6.05. The molecule has 0 aliphatic carbocycles. The number of amides is 2. The molecule has 0 aliphatic rings. The van der Waals surface area contributed by atoms with E-state index in [1.165, 1.54) is 0 Å². The lowest BCUT2D eigenvalue weighted by Gasteiger charge is -2.33. The Bertz CT molecular complexity index is 1340. The molecule has 4 rings (SSSR count). The number of carbonyl (C=O) groups is 2. The Morgan fingerprint density at radius 3 is 2.49 bits per heavy atom. The normalized spacial score (nSPS) is 12.9. The van der Waals surface area contributed by atoms with Crippen molar-refractivity contribution in [2.45, 2.75) is 32.2 Å². The van der Waals surface area contributed by atoms with E-state index in [4.69, 9.17) is 0 Å². The number of aryl methyl sites for hydroxylation is 3. The van der Waals surface area contributed by atoms with Crippen LogP contribution in [0.2, 0.25) is 0 Å². The molecular formula is C28H33N5O2. The van der Waals surface area contributed by atoms with E-state index in [-0.39, 0.29) is 23.8 Å². The highest BCUT2D eigenvalue weighted by Gasteiger charge is 2.30. The Labute approximate surface area is 206 Å². The van der Waals surface area contributed by atoms with Gasteiger partial charge in [0.25, 0.3) is 11.8 Å². The number of carbonyl (C=O) groups excluding carboxylic acids is 2. The topological polar surface area (TPSA) is 72.2 Å². The molecule has 2 aromatic heterocycles. The molecule has 0 radical (unpaired) electrons. The first-order chi connectivity index (χ1) is 16.8. The molecule has 4 aromatic rings. The number of benzene rings is 2. The van der Waals surface area contributed by atoms with E-state index in [1.54, 1.807) is 20.2 Å². The third-order valence-corrected chi connectivity index (χ3v) is 6.83. The first kappa shape index (κ1) is 24.3. The number of nitrogens with zero attached hydrogens (tertiary/aromatic N) is 4. The van der Waals surface area contributed by atoms with Crippen LogP contribution >= 0.6 is 0 Å². The van der Waals surface area contributed by atoms with Crippen molar-refractivity contribution in [3.8, 4) is 0 Å². The fourth-order valence-electron chi connectivity index (χ4n) is 4.73. The number of hydrogen-bond donors (Lipinski definition) is 1. The van der Waals surface area contributed by atoms with Crippen LogP contribution in [0.25, 0.3) is 10.9 Å². The molecular weight excluding hydrogens is 438 g/mol. The van der Waals surface area contributed by atoms with Gasteiger partial charge in [-0.05, 0) is 43.2 Å². The average molecular weight is 472 g/mol. The highest BCUT2D eigenvalue weighted by atomic mass is 16.2. The summed E-state index contributed by atoms with van der Waals surface area (Å²) in [5.74, 6) is -0.180. The monoisotopic (exact) mass is 471 g/mol. The van der Waals surface area contributed by atoms with Crippen molar-refractivity contribution in [2.75, 3.05) is 13.6 Å². The fraction of sp³-hybridized carbons (Fsp3) is 0.321. The molecule has 7 heteroatoms. The molecule has 1 N–H and O–H groups in total. The van der Waals surface area contributed by atoms with Gasteiger partial charge in [0, 0.05) is 51.2 Å². The first-order valence-electron chi connectivity index (χ1n) is 11.9. The summed E-state index contributed by atoms with van der Waals surface area (Å²) < 4.78 is 3.55. The van der Waals surface area contributed by atoms with Crippen molar-refractivity contribution in [3.05, 3.63) is 89.4 Å². The van der Waals surface area contributed by atoms with Crippen LogP contribution in [-0.2, 0) is 14.1 Å². The third-order valence-electron chi connectivity index (χ3n) is 6.83. The van der Waals surface area contributed by atoms with Crippen LogP contribution < -0.4 is 5.32 Å². The molecule has 2 aromatic carbocycles. The van der Waals surface area contributed by atoms with Crippen molar-refractivity contribution in [3.63, 3.8) is 0 Å². The Morgan fingerprint density at radius 2 is 1.80 bits per heavy atom. The number of aromatic nitrogens is 3. The van der Waals surface area contributed by atoms with Crippen molar-refractivity contribution >= 4 is 22.7 Å². The fourth-order valence-corrected chi connectivity index (χ4v) is 4.73. The summed E-state index contributed by atoms with van der Waals surface area (Å²) in [5.41, 5.74) is 4.21. The Balaban J connectivity index is 1.59. The van der Waals surface area contributed by atoms with Gasteiger partial charge < -0.3 is 14.8 Å². The number of rotatable bonds is 8. The number of fused-ring (bicyclic) bond motifs is 1. The quantitative estimate of drug-likeness (QED) is 0.417. The maximum Gasteiger partial charge on any atom is 0.275 e. The molecule has 0 aliphatic heterocycles. The van der Waals surface area contributed by atoms with Crippen molar-refractivity contribution in [2.24, 2.45) is 14.1 Å². The van der Waals surface area contributed by atoms with Gasteiger partial charge in [-0.2, -0.15) is 5.10 Å². The summed E-state index contributed by atoms with van der Waals surface area (Å²) in [6.07, 6.45) is 2.46. The zero-order valence-electron chi connectivity index (χ0n) is 21.0. The van der Waals surface area contributed by atoms with E-state index in [2.05, 4.69) is 29.5 Å². The Morgan fingerprint density at radius 1 is 1.06 bits per heavy atom. The summed E-state index contributed by atoms with van der Waals surface area (Å²) in [6.45, 7) is 4.59. The molecule has 2 amide bonds. The van der Waals surface area contributed by atoms with Crippen molar-refractivity contribution in [1.29, 1.82) is 0 Å². The van der Waals surface area contributed by atoms with Gasteiger partial charge in [0.15, 0.2) is 5.69 Å². The van der Waals surface area contributed by atoms with Gasteiger partial charge in [0.1, 0.15) is 5.69 Å². The van der Waals surface area contributed by atoms with E-state index >= 15 is 0 Å². The summed E-state index contributed by atoms with van der Waals surface area (Å²) >= 11 is 0.